The molecule has 3 rings (SSSR count). The van der Waals surface area contributed by atoms with Crippen LogP contribution >= 0.6 is 0 Å². The predicted molar refractivity (Wildman–Crippen MR) is 115 cm³/mol. The number of hydrogen-bond donors (Lipinski definition) is 1. The first-order valence-corrected chi connectivity index (χ1v) is 11.9. The van der Waals surface area contributed by atoms with Crippen molar-refractivity contribution in [2.45, 2.75) is 49.8 Å². The average Bonchev–Trinajstić information content (AvgIpc) is 3.30. The van der Waals surface area contributed by atoms with Gasteiger partial charge in [-0.3, -0.25) is 4.79 Å². The molecular weight excluding hydrogens is 384 g/mol. The summed E-state index contributed by atoms with van der Waals surface area (Å²) in [5.74, 6) is 0.336. The molecule has 6 heteroatoms. The molecule has 0 unspecified atom stereocenters. The van der Waals surface area contributed by atoms with E-state index in [1.165, 1.54) is 5.56 Å². The first-order valence-electron chi connectivity index (χ1n) is 10.4. The number of carbonyl (C=O) groups is 1. The quantitative estimate of drug-likeness (QED) is 0.680. The van der Waals surface area contributed by atoms with Gasteiger partial charge in [-0.2, -0.15) is 4.31 Å². The highest BCUT2D eigenvalue weighted by Gasteiger charge is 2.26. The van der Waals surface area contributed by atoms with Crippen molar-refractivity contribution >= 4 is 15.9 Å². The first kappa shape index (κ1) is 21.5. The summed E-state index contributed by atoms with van der Waals surface area (Å²) in [6, 6.07) is 17.2. The van der Waals surface area contributed by atoms with Crippen molar-refractivity contribution < 1.29 is 13.2 Å². The Morgan fingerprint density at radius 3 is 2.31 bits per heavy atom. The third kappa shape index (κ3) is 5.67. The molecule has 1 aliphatic heterocycles. The van der Waals surface area contributed by atoms with E-state index in [0.717, 1.165) is 24.8 Å². The summed E-state index contributed by atoms with van der Waals surface area (Å²) in [6.07, 6.45) is 3.81. The number of nitrogens with one attached hydrogen (secondary N) is 1. The largest absolute Gasteiger partial charge is 0.355 e. The second-order valence-corrected chi connectivity index (χ2v) is 9.51. The number of rotatable bonds is 9. The monoisotopic (exact) mass is 414 g/mol. The Morgan fingerprint density at radius 2 is 1.69 bits per heavy atom. The van der Waals surface area contributed by atoms with Gasteiger partial charge in [0.1, 0.15) is 0 Å². The minimum atomic E-state index is -3.38. The molecule has 5 nitrogen and oxygen atoms in total. The maximum Gasteiger partial charge on any atom is 0.243 e. The lowest BCUT2D eigenvalue weighted by atomic mass is 9.96. The SMILES string of the molecule is CC[C@H](CNC(=O)CCc1ccc(S(=O)(=O)N2CCCC2)cc1)c1ccccc1. The number of nitrogens with zero attached hydrogens (tertiary/aromatic N) is 1. The molecule has 1 atom stereocenters. The number of sulfonamides is 1. The fourth-order valence-corrected chi connectivity index (χ4v) is 5.23. The minimum Gasteiger partial charge on any atom is -0.355 e. The molecule has 0 aromatic heterocycles. The molecule has 1 amide bonds. The van der Waals surface area contributed by atoms with E-state index in [-0.39, 0.29) is 5.91 Å². The van der Waals surface area contributed by atoms with E-state index in [2.05, 4.69) is 24.4 Å². The van der Waals surface area contributed by atoms with Crippen LogP contribution in [-0.4, -0.2) is 38.3 Å². The zero-order valence-electron chi connectivity index (χ0n) is 17.0. The van der Waals surface area contributed by atoms with Gasteiger partial charge < -0.3 is 5.32 Å². The lowest BCUT2D eigenvalue weighted by Crippen LogP contribution is -2.28. The molecule has 156 valence electrons. The molecule has 2 aromatic carbocycles. The molecule has 0 radical (unpaired) electrons. The lowest BCUT2D eigenvalue weighted by molar-refractivity contribution is -0.121. The summed E-state index contributed by atoms with van der Waals surface area (Å²) in [5, 5.41) is 3.03. The van der Waals surface area contributed by atoms with Gasteiger partial charge in [0.2, 0.25) is 15.9 Å². The molecule has 29 heavy (non-hydrogen) atoms. The van der Waals surface area contributed by atoms with E-state index in [1.54, 1.807) is 16.4 Å². The van der Waals surface area contributed by atoms with Crippen LogP contribution in [0.1, 0.15) is 49.7 Å². The molecule has 1 fully saturated rings. The van der Waals surface area contributed by atoms with Crippen molar-refractivity contribution in [2.24, 2.45) is 0 Å². The predicted octanol–water partition coefficient (Wildman–Crippen LogP) is 3.71. The van der Waals surface area contributed by atoms with Crippen molar-refractivity contribution in [2.75, 3.05) is 19.6 Å². The van der Waals surface area contributed by atoms with Gasteiger partial charge in [0.05, 0.1) is 4.90 Å². The van der Waals surface area contributed by atoms with Crippen molar-refractivity contribution in [3.8, 4) is 0 Å². The summed E-state index contributed by atoms with van der Waals surface area (Å²) < 4.78 is 26.7. The van der Waals surface area contributed by atoms with Crippen LogP contribution in [0.5, 0.6) is 0 Å². The normalized spacial score (nSPS) is 15.9. The number of aryl methyl sites for hydroxylation is 1. The summed E-state index contributed by atoms with van der Waals surface area (Å²) in [7, 11) is -3.38. The molecule has 0 spiro atoms. The highest BCUT2D eigenvalue weighted by Crippen LogP contribution is 2.21. The summed E-state index contributed by atoms with van der Waals surface area (Å²) in [5.41, 5.74) is 2.21. The molecule has 0 bridgehead atoms. The zero-order chi connectivity index (χ0) is 20.7. The van der Waals surface area contributed by atoms with Gasteiger partial charge in [0.25, 0.3) is 0 Å². The Morgan fingerprint density at radius 1 is 1.03 bits per heavy atom. The topological polar surface area (TPSA) is 66.5 Å². The van der Waals surface area contributed by atoms with E-state index in [4.69, 9.17) is 0 Å². The van der Waals surface area contributed by atoms with E-state index >= 15 is 0 Å². The number of benzene rings is 2. The summed E-state index contributed by atoms with van der Waals surface area (Å²) >= 11 is 0. The van der Waals surface area contributed by atoms with E-state index in [0.29, 0.717) is 43.3 Å². The van der Waals surface area contributed by atoms with Gasteiger partial charge in [0, 0.05) is 32.0 Å². The van der Waals surface area contributed by atoms with Crippen LogP contribution < -0.4 is 5.32 Å². The Kier molecular flexibility index (Phi) is 7.45. The Hall–Kier alpha value is -2.18. The van der Waals surface area contributed by atoms with Gasteiger partial charge in [0.15, 0.2) is 0 Å². The highest BCUT2D eigenvalue weighted by molar-refractivity contribution is 7.89. The van der Waals surface area contributed by atoms with Crippen LogP contribution in [-0.2, 0) is 21.2 Å². The molecule has 2 aromatic rings. The molecular formula is C23H30N2O3S. The third-order valence-electron chi connectivity index (χ3n) is 5.58. The van der Waals surface area contributed by atoms with Crippen molar-refractivity contribution in [1.29, 1.82) is 0 Å². The van der Waals surface area contributed by atoms with Gasteiger partial charge in [-0.05, 0) is 48.9 Å². The fraction of sp³-hybridized carbons (Fsp3) is 0.435. The second-order valence-electron chi connectivity index (χ2n) is 7.58. The lowest BCUT2D eigenvalue weighted by Gasteiger charge is -2.16. The van der Waals surface area contributed by atoms with Crippen LogP contribution in [0.4, 0.5) is 0 Å². The Bertz CT molecular complexity index is 889. The van der Waals surface area contributed by atoms with Crippen molar-refractivity contribution in [3.05, 3.63) is 65.7 Å². The van der Waals surface area contributed by atoms with Crippen molar-refractivity contribution in [3.63, 3.8) is 0 Å². The maximum atomic E-state index is 12.6. The van der Waals surface area contributed by atoms with Gasteiger partial charge >= 0.3 is 0 Å². The second kappa shape index (κ2) is 10.0. The minimum absolute atomic E-state index is 0.0214. The van der Waals surface area contributed by atoms with Gasteiger partial charge in [-0.15, -0.1) is 0 Å². The summed E-state index contributed by atoms with van der Waals surface area (Å²) in [6.45, 7) is 3.96. The van der Waals surface area contributed by atoms with Gasteiger partial charge in [-0.1, -0.05) is 49.4 Å². The van der Waals surface area contributed by atoms with Crippen LogP contribution in [0.2, 0.25) is 0 Å². The van der Waals surface area contributed by atoms with Crippen LogP contribution in [0.3, 0.4) is 0 Å². The smallest absolute Gasteiger partial charge is 0.243 e. The van der Waals surface area contributed by atoms with Gasteiger partial charge in [-0.25, -0.2) is 8.42 Å². The molecule has 1 N–H and O–H groups in total. The molecule has 1 heterocycles. The first-order chi connectivity index (χ1) is 14.0. The fourth-order valence-electron chi connectivity index (χ4n) is 3.71. The number of hydrogen-bond acceptors (Lipinski definition) is 3. The van der Waals surface area contributed by atoms with E-state index in [9.17, 15) is 13.2 Å². The van der Waals surface area contributed by atoms with Crippen LogP contribution in [0.25, 0.3) is 0 Å². The highest BCUT2D eigenvalue weighted by atomic mass is 32.2. The maximum absolute atomic E-state index is 12.6. The average molecular weight is 415 g/mol. The van der Waals surface area contributed by atoms with Crippen LogP contribution in [0.15, 0.2) is 59.5 Å². The molecule has 0 saturated carbocycles. The Labute approximate surface area is 174 Å². The molecule has 1 saturated heterocycles. The molecule has 1 aliphatic rings. The standard InChI is InChI=1S/C23H30N2O3S/c1-2-20(21-8-4-3-5-9-21)18-24-23(26)15-12-19-10-13-22(14-11-19)29(27,28)25-16-6-7-17-25/h3-5,8-11,13-14,20H,2,6-7,12,15-18H2,1H3,(H,24,26)/t20-/m1/s1. The molecule has 0 aliphatic carbocycles. The van der Waals surface area contributed by atoms with Crippen molar-refractivity contribution in [1.82, 2.24) is 9.62 Å². The number of carbonyl (C=O) groups excluding carboxylic acids is 1. The summed E-state index contributed by atoms with van der Waals surface area (Å²) in [4.78, 5) is 12.6. The van der Waals surface area contributed by atoms with E-state index < -0.39 is 10.0 Å². The van der Waals surface area contributed by atoms with E-state index in [1.807, 2.05) is 30.3 Å². The number of amides is 1. The van der Waals surface area contributed by atoms with Crippen LogP contribution in [0, 0.1) is 0 Å². The Balaban J connectivity index is 1.49. The zero-order valence-corrected chi connectivity index (χ0v) is 17.8. The third-order valence-corrected chi connectivity index (χ3v) is 7.49.